The minimum Gasteiger partial charge on any atom is -0.449 e. The molecular formula is C9H10BrN3O4. The lowest BCUT2D eigenvalue weighted by molar-refractivity contribution is -0.388. The number of carbonyl (C=O) groups excluding carboxylic acids is 1. The van der Waals surface area contributed by atoms with Crippen molar-refractivity contribution in [2.75, 3.05) is 11.9 Å². The molecule has 1 heterocycles. The molecule has 0 bridgehead atoms. The molecule has 8 heteroatoms. The van der Waals surface area contributed by atoms with Gasteiger partial charge in [-0.15, -0.1) is 0 Å². The van der Waals surface area contributed by atoms with Crippen molar-refractivity contribution in [3.63, 3.8) is 0 Å². The molecule has 0 aliphatic rings. The molecule has 1 aromatic rings. The summed E-state index contributed by atoms with van der Waals surface area (Å²) in [4.78, 5) is 24.8. The van der Waals surface area contributed by atoms with Crippen LogP contribution in [-0.2, 0) is 4.74 Å². The van der Waals surface area contributed by atoms with Crippen molar-refractivity contribution in [1.29, 1.82) is 0 Å². The van der Waals surface area contributed by atoms with Crippen LogP contribution in [0.3, 0.4) is 0 Å². The predicted molar refractivity (Wildman–Crippen MR) is 63.9 cm³/mol. The lowest BCUT2D eigenvalue weighted by atomic mass is 10.4. The molecule has 1 rings (SSSR count). The summed E-state index contributed by atoms with van der Waals surface area (Å²) in [7, 11) is 0. The maximum Gasteiger partial charge on any atom is 0.411 e. The van der Waals surface area contributed by atoms with Crippen molar-refractivity contribution < 1.29 is 14.5 Å². The third-order valence-electron chi connectivity index (χ3n) is 1.68. The van der Waals surface area contributed by atoms with E-state index in [4.69, 9.17) is 4.74 Å². The van der Waals surface area contributed by atoms with Crippen LogP contribution in [0.2, 0.25) is 0 Å². The van der Waals surface area contributed by atoms with Crippen LogP contribution in [0.1, 0.15) is 13.3 Å². The Kier molecular flexibility index (Phi) is 4.83. The van der Waals surface area contributed by atoms with Crippen LogP contribution in [-0.4, -0.2) is 22.6 Å². The maximum atomic E-state index is 11.3. The van der Waals surface area contributed by atoms with E-state index in [9.17, 15) is 14.9 Å². The number of carbonyl (C=O) groups is 1. The number of nitro groups is 1. The van der Waals surface area contributed by atoms with Gasteiger partial charge in [0.05, 0.1) is 11.1 Å². The molecule has 17 heavy (non-hydrogen) atoms. The van der Waals surface area contributed by atoms with Gasteiger partial charge in [-0.2, -0.15) is 0 Å². The number of pyridine rings is 1. The van der Waals surface area contributed by atoms with Gasteiger partial charge in [0.2, 0.25) is 0 Å². The normalized spacial score (nSPS) is 9.76. The van der Waals surface area contributed by atoms with Gasteiger partial charge in [-0.3, -0.25) is 5.32 Å². The average Bonchev–Trinajstić information content (AvgIpc) is 2.26. The van der Waals surface area contributed by atoms with Gasteiger partial charge in [-0.1, -0.05) is 6.92 Å². The summed E-state index contributed by atoms with van der Waals surface area (Å²) in [6.07, 6.45) is 1.21. The summed E-state index contributed by atoms with van der Waals surface area (Å²) in [5, 5.41) is 12.9. The molecule has 0 aliphatic heterocycles. The Morgan fingerprint density at radius 1 is 1.71 bits per heavy atom. The van der Waals surface area contributed by atoms with Crippen molar-refractivity contribution in [3.05, 3.63) is 26.9 Å². The number of hydrogen-bond donors (Lipinski definition) is 1. The van der Waals surface area contributed by atoms with Crippen molar-refractivity contribution in [1.82, 2.24) is 4.98 Å². The Balaban J connectivity index is 2.85. The zero-order chi connectivity index (χ0) is 12.8. The summed E-state index contributed by atoms with van der Waals surface area (Å²) in [6.45, 7) is 2.09. The van der Waals surface area contributed by atoms with E-state index < -0.39 is 16.8 Å². The Hall–Kier alpha value is -1.70. The first-order valence-corrected chi connectivity index (χ1v) is 5.57. The second kappa shape index (κ2) is 6.14. The van der Waals surface area contributed by atoms with Crippen molar-refractivity contribution in [3.8, 4) is 0 Å². The number of anilines is 1. The largest absolute Gasteiger partial charge is 0.449 e. The predicted octanol–water partition coefficient (Wildman–Crippen LogP) is 2.71. The zero-order valence-electron chi connectivity index (χ0n) is 8.97. The number of ether oxygens (including phenoxy) is 1. The molecular weight excluding hydrogens is 294 g/mol. The molecule has 1 aromatic heterocycles. The van der Waals surface area contributed by atoms with E-state index in [1.165, 1.54) is 12.3 Å². The van der Waals surface area contributed by atoms with Crippen LogP contribution in [0, 0.1) is 10.1 Å². The minimum absolute atomic E-state index is 0.00882. The van der Waals surface area contributed by atoms with Gasteiger partial charge < -0.3 is 14.9 Å². The SMILES string of the molecule is CCCOC(=O)Nc1cc(Br)cnc1[N+](=O)[O-]. The van der Waals surface area contributed by atoms with E-state index >= 15 is 0 Å². The minimum atomic E-state index is -0.741. The zero-order valence-corrected chi connectivity index (χ0v) is 10.6. The molecule has 0 aliphatic carbocycles. The van der Waals surface area contributed by atoms with Crippen LogP contribution in [0.4, 0.5) is 16.3 Å². The Labute approximate surface area is 105 Å². The molecule has 1 N–H and O–H groups in total. The number of aromatic nitrogens is 1. The first-order chi connectivity index (χ1) is 8.04. The summed E-state index contributed by atoms with van der Waals surface area (Å²) in [6, 6.07) is 1.39. The number of amides is 1. The molecule has 0 fully saturated rings. The fraction of sp³-hybridized carbons (Fsp3) is 0.333. The van der Waals surface area contributed by atoms with Crippen LogP contribution < -0.4 is 5.32 Å². The smallest absolute Gasteiger partial charge is 0.411 e. The van der Waals surface area contributed by atoms with E-state index in [1.807, 2.05) is 6.92 Å². The summed E-state index contributed by atoms with van der Waals surface area (Å²) >= 11 is 3.11. The standard InChI is InChI=1S/C9H10BrN3O4/c1-2-3-17-9(14)12-7-4-6(10)5-11-8(7)13(15)16/h4-5H,2-3H2,1H3,(H,12,14). The second-order valence-corrected chi connectivity index (χ2v) is 3.96. The van der Waals surface area contributed by atoms with Crippen LogP contribution in [0.15, 0.2) is 16.7 Å². The highest BCUT2D eigenvalue weighted by Crippen LogP contribution is 2.24. The molecule has 0 saturated carbocycles. The third kappa shape index (κ3) is 3.99. The topological polar surface area (TPSA) is 94.4 Å². The van der Waals surface area contributed by atoms with Crippen molar-refractivity contribution >= 4 is 33.5 Å². The Morgan fingerprint density at radius 2 is 2.41 bits per heavy atom. The fourth-order valence-electron chi connectivity index (χ4n) is 1.01. The first-order valence-electron chi connectivity index (χ1n) is 4.78. The van der Waals surface area contributed by atoms with Gasteiger partial charge in [-0.05, 0) is 38.3 Å². The highest BCUT2D eigenvalue weighted by atomic mass is 79.9. The number of nitrogens with one attached hydrogen (secondary N) is 1. The van der Waals surface area contributed by atoms with Gasteiger partial charge in [0.1, 0.15) is 5.69 Å². The van der Waals surface area contributed by atoms with Crippen molar-refractivity contribution in [2.45, 2.75) is 13.3 Å². The van der Waals surface area contributed by atoms with Gasteiger partial charge >= 0.3 is 11.9 Å². The molecule has 0 atom stereocenters. The van der Waals surface area contributed by atoms with Crippen molar-refractivity contribution in [2.24, 2.45) is 0 Å². The third-order valence-corrected chi connectivity index (χ3v) is 2.11. The van der Waals surface area contributed by atoms with Gasteiger partial charge in [0.25, 0.3) is 0 Å². The molecule has 0 aromatic carbocycles. The lowest BCUT2D eigenvalue weighted by Crippen LogP contribution is -2.15. The lowest BCUT2D eigenvalue weighted by Gasteiger charge is -2.06. The Morgan fingerprint density at radius 3 is 3.00 bits per heavy atom. The highest BCUT2D eigenvalue weighted by Gasteiger charge is 2.18. The number of rotatable bonds is 4. The number of halogens is 1. The van der Waals surface area contributed by atoms with Gasteiger partial charge in [0, 0.05) is 0 Å². The molecule has 0 unspecified atom stereocenters. The first kappa shape index (κ1) is 13.4. The van der Waals surface area contributed by atoms with Crippen LogP contribution >= 0.6 is 15.9 Å². The van der Waals surface area contributed by atoms with E-state index in [0.29, 0.717) is 10.9 Å². The van der Waals surface area contributed by atoms with E-state index in [1.54, 1.807) is 0 Å². The average molecular weight is 304 g/mol. The highest BCUT2D eigenvalue weighted by molar-refractivity contribution is 9.10. The van der Waals surface area contributed by atoms with Gasteiger partial charge in [-0.25, -0.2) is 4.79 Å². The van der Waals surface area contributed by atoms with E-state index in [2.05, 4.69) is 26.2 Å². The maximum absolute atomic E-state index is 11.3. The van der Waals surface area contributed by atoms with E-state index in [0.717, 1.165) is 0 Å². The van der Waals surface area contributed by atoms with Gasteiger partial charge in [0.15, 0.2) is 6.20 Å². The summed E-state index contributed by atoms with van der Waals surface area (Å²) in [5.41, 5.74) is -0.00882. The molecule has 0 saturated heterocycles. The molecule has 92 valence electrons. The quantitative estimate of drug-likeness (QED) is 0.681. The fourth-order valence-corrected chi connectivity index (χ4v) is 1.34. The summed E-state index contributed by atoms with van der Waals surface area (Å²) in [5.74, 6) is -0.429. The molecule has 1 amide bonds. The monoisotopic (exact) mass is 303 g/mol. The molecule has 7 nitrogen and oxygen atoms in total. The Bertz CT molecular complexity index is 438. The number of nitrogens with zero attached hydrogens (tertiary/aromatic N) is 2. The van der Waals surface area contributed by atoms with Crippen LogP contribution in [0.25, 0.3) is 0 Å². The number of hydrogen-bond acceptors (Lipinski definition) is 5. The van der Waals surface area contributed by atoms with E-state index in [-0.39, 0.29) is 12.3 Å². The summed E-state index contributed by atoms with van der Waals surface area (Å²) < 4.78 is 5.28. The van der Waals surface area contributed by atoms with Crippen LogP contribution in [0.5, 0.6) is 0 Å². The molecule has 0 spiro atoms. The second-order valence-electron chi connectivity index (χ2n) is 3.04. The molecule has 0 radical (unpaired) electrons.